The van der Waals surface area contributed by atoms with Crippen molar-refractivity contribution in [3.8, 4) is 16.3 Å². The smallest absolute Gasteiger partial charge is 0.146 e. The maximum Gasteiger partial charge on any atom is 0.146 e. The molecule has 0 aliphatic carbocycles. The second kappa shape index (κ2) is 6.03. The molecule has 0 spiro atoms. The van der Waals surface area contributed by atoms with Crippen LogP contribution < -0.4 is 4.74 Å². The van der Waals surface area contributed by atoms with Crippen LogP contribution in [-0.2, 0) is 0 Å². The molecule has 3 nitrogen and oxygen atoms in total. The molecular formula is C16H15NO2S. The second-order valence-electron chi connectivity index (χ2n) is 4.41. The molecule has 1 aromatic heterocycles. The SMILES string of the molecule is OCCCOc1cccc2sc(-c3ccccc3)nc12. The summed E-state index contributed by atoms with van der Waals surface area (Å²) < 4.78 is 6.81. The number of rotatable bonds is 5. The van der Waals surface area contributed by atoms with Crippen LogP contribution >= 0.6 is 11.3 Å². The molecule has 1 heterocycles. The summed E-state index contributed by atoms with van der Waals surface area (Å²) in [5.41, 5.74) is 2.02. The van der Waals surface area contributed by atoms with E-state index in [0.29, 0.717) is 13.0 Å². The summed E-state index contributed by atoms with van der Waals surface area (Å²) in [5.74, 6) is 0.786. The Morgan fingerprint density at radius 1 is 1.05 bits per heavy atom. The third kappa shape index (κ3) is 2.66. The van der Waals surface area contributed by atoms with Crippen molar-refractivity contribution in [2.75, 3.05) is 13.2 Å². The maximum atomic E-state index is 8.82. The lowest BCUT2D eigenvalue weighted by Crippen LogP contribution is -1.99. The number of benzene rings is 2. The molecule has 102 valence electrons. The van der Waals surface area contributed by atoms with Crippen molar-refractivity contribution in [2.45, 2.75) is 6.42 Å². The van der Waals surface area contributed by atoms with Crippen molar-refractivity contribution in [3.63, 3.8) is 0 Å². The van der Waals surface area contributed by atoms with Gasteiger partial charge in [0.1, 0.15) is 16.3 Å². The summed E-state index contributed by atoms with van der Waals surface area (Å²) in [6, 6.07) is 16.1. The summed E-state index contributed by atoms with van der Waals surface area (Å²) in [5, 5.41) is 9.82. The van der Waals surface area contributed by atoms with E-state index in [-0.39, 0.29) is 6.61 Å². The standard InChI is InChI=1S/C16H15NO2S/c18-10-5-11-19-13-8-4-9-14-15(13)17-16(20-14)12-6-2-1-3-7-12/h1-4,6-9,18H,5,10-11H2. The first-order chi connectivity index (χ1) is 9.88. The highest BCUT2D eigenvalue weighted by atomic mass is 32.1. The first-order valence-electron chi connectivity index (χ1n) is 6.57. The van der Waals surface area contributed by atoms with Gasteiger partial charge in [-0.15, -0.1) is 11.3 Å². The van der Waals surface area contributed by atoms with Gasteiger partial charge in [-0.25, -0.2) is 4.98 Å². The van der Waals surface area contributed by atoms with Gasteiger partial charge in [-0.1, -0.05) is 36.4 Å². The maximum absolute atomic E-state index is 8.82. The van der Waals surface area contributed by atoms with E-state index in [1.165, 1.54) is 0 Å². The lowest BCUT2D eigenvalue weighted by Gasteiger charge is -2.04. The highest BCUT2D eigenvalue weighted by Crippen LogP contribution is 2.34. The Bertz CT molecular complexity index is 694. The zero-order valence-electron chi connectivity index (χ0n) is 11.0. The van der Waals surface area contributed by atoms with Crippen LogP contribution in [0.1, 0.15) is 6.42 Å². The zero-order valence-corrected chi connectivity index (χ0v) is 11.8. The molecule has 0 saturated heterocycles. The number of hydrogen-bond donors (Lipinski definition) is 1. The molecule has 2 aromatic carbocycles. The van der Waals surface area contributed by atoms with E-state index in [9.17, 15) is 0 Å². The van der Waals surface area contributed by atoms with Crippen LogP contribution in [-0.4, -0.2) is 23.3 Å². The van der Waals surface area contributed by atoms with Crippen LogP contribution in [0.25, 0.3) is 20.8 Å². The van der Waals surface area contributed by atoms with Crippen LogP contribution in [0.5, 0.6) is 5.75 Å². The Balaban J connectivity index is 1.96. The minimum absolute atomic E-state index is 0.141. The number of para-hydroxylation sites is 1. The van der Waals surface area contributed by atoms with Crippen molar-refractivity contribution < 1.29 is 9.84 Å². The molecule has 3 aromatic rings. The minimum atomic E-state index is 0.141. The minimum Gasteiger partial charge on any atom is -0.491 e. The number of thiazole rings is 1. The number of hydrogen-bond acceptors (Lipinski definition) is 4. The molecule has 0 fully saturated rings. The summed E-state index contributed by atoms with van der Waals surface area (Å²) >= 11 is 1.66. The molecule has 0 aliphatic heterocycles. The normalized spacial score (nSPS) is 10.8. The quantitative estimate of drug-likeness (QED) is 0.726. The Kier molecular flexibility index (Phi) is 3.95. The molecule has 1 N–H and O–H groups in total. The molecule has 0 saturated carbocycles. The van der Waals surface area contributed by atoms with Crippen molar-refractivity contribution in [2.24, 2.45) is 0 Å². The van der Waals surface area contributed by atoms with E-state index < -0.39 is 0 Å². The Morgan fingerprint density at radius 2 is 1.90 bits per heavy atom. The fourth-order valence-electron chi connectivity index (χ4n) is 1.99. The van der Waals surface area contributed by atoms with Gasteiger partial charge in [0.25, 0.3) is 0 Å². The number of fused-ring (bicyclic) bond motifs is 1. The van der Waals surface area contributed by atoms with E-state index in [4.69, 9.17) is 14.8 Å². The van der Waals surface area contributed by atoms with Gasteiger partial charge >= 0.3 is 0 Å². The summed E-state index contributed by atoms with van der Waals surface area (Å²) in [7, 11) is 0. The molecule has 0 radical (unpaired) electrons. The van der Waals surface area contributed by atoms with Gasteiger partial charge in [0, 0.05) is 18.6 Å². The second-order valence-corrected chi connectivity index (χ2v) is 5.44. The Labute approximate surface area is 121 Å². The molecule has 3 rings (SSSR count). The monoisotopic (exact) mass is 285 g/mol. The number of nitrogens with zero attached hydrogens (tertiary/aromatic N) is 1. The fourth-order valence-corrected chi connectivity index (χ4v) is 2.98. The lowest BCUT2D eigenvalue weighted by molar-refractivity contribution is 0.234. The molecule has 0 unspecified atom stereocenters. The van der Waals surface area contributed by atoms with Gasteiger partial charge in [0.05, 0.1) is 11.3 Å². The average Bonchev–Trinajstić information content (AvgIpc) is 2.93. The molecule has 4 heteroatoms. The summed E-state index contributed by atoms with van der Waals surface area (Å²) in [6.07, 6.45) is 0.631. The summed E-state index contributed by atoms with van der Waals surface area (Å²) in [6.45, 7) is 0.649. The topological polar surface area (TPSA) is 42.4 Å². The lowest BCUT2D eigenvalue weighted by atomic mass is 10.2. The number of aromatic nitrogens is 1. The van der Waals surface area contributed by atoms with Gasteiger partial charge < -0.3 is 9.84 Å². The third-order valence-corrected chi connectivity index (χ3v) is 4.03. The molecule has 0 bridgehead atoms. The van der Waals surface area contributed by atoms with E-state index in [2.05, 4.69) is 18.2 Å². The number of ether oxygens (including phenoxy) is 1. The van der Waals surface area contributed by atoms with Crippen molar-refractivity contribution >= 4 is 21.6 Å². The largest absolute Gasteiger partial charge is 0.491 e. The van der Waals surface area contributed by atoms with Crippen LogP contribution in [0.4, 0.5) is 0 Å². The van der Waals surface area contributed by atoms with Crippen LogP contribution in [0.3, 0.4) is 0 Å². The molecule has 0 aliphatic rings. The highest BCUT2D eigenvalue weighted by Gasteiger charge is 2.10. The predicted molar refractivity (Wildman–Crippen MR) is 82.3 cm³/mol. The highest BCUT2D eigenvalue weighted by molar-refractivity contribution is 7.21. The Morgan fingerprint density at radius 3 is 2.70 bits per heavy atom. The van der Waals surface area contributed by atoms with Gasteiger partial charge in [-0.05, 0) is 12.1 Å². The van der Waals surface area contributed by atoms with Crippen LogP contribution in [0.2, 0.25) is 0 Å². The van der Waals surface area contributed by atoms with Crippen molar-refractivity contribution in [3.05, 3.63) is 48.5 Å². The zero-order chi connectivity index (χ0) is 13.8. The fraction of sp³-hybridized carbons (Fsp3) is 0.188. The number of aliphatic hydroxyl groups excluding tert-OH is 1. The van der Waals surface area contributed by atoms with Crippen molar-refractivity contribution in [1.29, 1.82) is 0 Å². The van der Waals surface area contributed by atoms with Crippen LogP contribution in [0.15, 0.2) is 48.5 Å². The molecule has 20 heavy (non-hydrogen) atoms. The Hall–Kier alpha value is -1.91. The first-order valence-corrected chi connectivity index (χ1v) is 7.39. The molecule has 0 atom stereocenters. The van der Waals surface area contributed by atoms with Crippen molar-refractivity contribution in [1.82, 2.24) is 4.98 Å². The third-order valence-electron chi connectivity index (χ3n) is 2.96. The van der Waals surface area contributed by atoms with Gasteiger partial charge in [0.2, 0.25) is 0 Å². The van der Waals surface area contributed by atoms with E-state index in [1.54, 1.807) is 11.3 Å². The van der Waals surface area contributed by atoms with Gasteiger partial charge in [-0.3, -0.25) is 0 Å². The average molecular weight is 285 g/mol. The van der Waals surface area contributed by atoms with E-state index >= 15 is 0 Å². The van der Waals surface area contributed by atoms with Gasteiger partial charge in [0.15, 0.2) is 0 Å². The van der Waals surface area contributed by atoms with Gasteiger partial charge in [-0.2, -0.15) is 0 Å². The first kappa shape index (κ1) is 13.1. The summed E-state index contributed by atoms with van der Waals surface area (Å²) in [4.78, 5) is 4.69. The van der Waals surface area contributed by atoms with E-state index in [1.807, 2.05) is 30.3 Å². The van der Waals surface area contributed by atoms with E-state index in [0.717, 1.165) is 26.5 Å². The van der Waals surface area contributed by atoms with Crippen LogP contribution in [0, 0.1) is 0 Å². The molecule has 0 amide bonds. The number of aliphatic hydroxyl groups is 1. The molecular weight excluding hydrogens is 270 g/mol. The predicted octanol–water partition coefficient (Wildman–Crippen LogP) is 3.72.